The largest absolute Gasteiger partial charge is 0.507 e. The number of likely N-dealkylation sites (tertiary alicyclic amines) is 1. The lowest BCUT2D eigenvalue weighted by molar-refractivity contribution is -0.140. The van der Waals surface area contributed by atoms with E-state index in [-0.39, 0.29) is 11.3 Å². The Balaban J connectivity index is 1.79. The first-order chi connectivity index (χ1) is 15.9. The number of anilines is 1. The molecule has 4 rings (SSSR count). The van der Waals surface area contributed by atoms with Gasteiger partial charge in [-0.15, -0.1) is 0 Å². The summed E-state index contributed by atoms with van der Waals surface area (Å²) in [7, 11) is 5.50. The number of Topliss-reactive ketones (excluding diaryl/α,β-unsaturated/α-hetero) is 1. The minimum atomic E-state index is -0.666. The monoisotopic (exact) mass is 450 g/mol. The van der Waals surface area contributed by atoms with Crippen molar-refractivity contribution in [2.24, 2.45) is 0 Å². The number of ether oxygens (including phenoxy) is 2. The quantitative estimate of drug-likeness (QED) is 0.301. The third-order valence-electron chi connectivity index (χ3n) is 6.19. The van der Waals surface area contributed by atoms with Crippen LogP contribution in [0.15, 0.2) is 48.0 Å². The van der Waals surface area contributed by atoms with Crippen LogP contribution in [0.3, 0.4) is 0 Å². The Kier molecular flexibility index (Phi) is 6.70. The second-order valence-corrected chi connectivity index (χ2v) is 8.60. The molecule has 0 spiro atoms. The Morgan fingerprint density at radius 1 is 1.18 bits per heavy atom. The number of hydrogen-bond acceptors (Lipinski definition) is 6. The fraction of sp³-hybridized carbons (Fsp3) is 0.385. The normalized spacial score (nSPS) is 19.4. The minimum Gasteiger partial charge on any atom is -0.507 e. The molecule has 2 heterocycles. The summed E-state index contributed by atoms with van der Waals surface area (Å²) in [5.74, 6) is -0.623. The van der Waals surface area contributed by atoms with E-state index in [9.17, 15) is 14.7 Å². The van der Waals surface area contributed by atoms with Gasteiger partial charge in [-0.05, 0) is 60.7 Å². The van der Waals surface area contributed by atoms with Crippen LogP contribution in [0.1, 0.15) is 35.6 Å². The van der Waals surface area contributed by atoms with Crippen LogP contribution < -0.4 is 9.64 Å². The Morgan fingerprint density at radius 2 is 1.94 bits per heavy atom. The molecular formula is C26H30N2O5. The van der Waals surface area contributed by atoms with E-state index in [2.05, 4.69) is 0 Å². The van der Waals surface area contributed by atoms with E-state index >= 15 is 0 Å². The molecule has 1 atom stereocenters. The molecule has 2 aliphatic rings. The van der Waals surface area contributed by atoms with Crippen molar-refractivity contribution in [3.05, 3.63) is 64.7 Å². The van der Waals surface area contributed by atoms with Gasteiger partial charge < -0.3 is 24.4 Å². The highest BCUT2D eigenvalue weighted by Gasteiger charge is 2.45. The molecule has 1 amide bonds. The highest BCUT2D eigenvalue weighted by atomic mass is 16.5. The molecule has 2 aromatic rings. The van der Waals surface area contributed by atoms with Gasteiger partial charge in [0.05, 0.1) is 18.2 Å². The van der Waals surface area contributed by atoms with Crippen molar-refractivity contribution in [3.63, 3.8) is 0 Å². The van der Waals surface area contributed by atoms with Crippen LogP contribution in [0.5, 0.6) is 5.75 Å². The van der Waals surface area contributed by atoms with Crippen molar-refractivity contribution in [1.29, 1.82) is 0 Å². The standard InChI is InChI=1S/C26H30N2O5/c1-27(2)20-10-7-17(8-11-20)23-22(25(30)26(31)28(23)13-5-14-32-3)24(29)19-9-12-21-18(16-19)6-4-15-33-21/h7-12,16,23,29H,4-6,13-15H2,1-3H3/b24-22-. The Labute approximate surface area is 194 Å². The number of aryl methyl sites for hydroxylation is 1. The lowest BCUT2D eigenvalue weighted by Crippen LogP contribution is -2.31. The average molecular weight is 451 g/mol. The molecule has 0 aromatic heterocycles. The second-order valence-electron chi connectivity index (χ2n) is 8.60. The zero-order chi connectivity index (χ0) is 23.5. The molecule has 174 valence electrons. The number of nitrogens with zero attached hydrogens (tertiary/aromatic N) is 2. The predicted molar refractivity (Wildman–Crippen MR) is 127 cm³/mol. The number of methoxy groups -OCH3 is 1. The first-order valence-electron chi connectivity index (χ1n) is 11.2. The fourth-order valence-electron chi connectivity index (χ4n) is 4.45. The van der Waals surface area contributed by atoms with E-state index < -0.39 is 17.7 Å². The summed E-state index contributed by atoms with van der Waals surface area (Å²) in [5.41, 5.74) is 3.41. The maximum Gasteiger partial charge on any atom is 0.295 e. The van der Waals surface area contributed by atoms with Gasteiger partial charge in [-0.3, -0.25) is 9.59 Å². The van der Waals surface area contributed by atoms with Gasteiger partial charge in [0, 0.05) is 45.6 Å². The molecule has 0 aliphatic carbocycles. The zero-order valence-electron chi connectivity index (χ0n) is 19.3. The van der Waals surface area contributed by atoms with Crippen LogP contribution >= 0.6 is 0 Å². The number of fused-ring (bicyclic) bond motifs is 1. The van der Waals surface area contributed by atoms with Crippen molar-refractivity contribution in [3.8, 4) is 5.75 Å². The molecule has 1 fully saturated rings. The number of aliphatic hydroxyl groups excluding tert-OH is 1. The molecule has 2 aromatic carbocycles. The summed E-state index contributed by atoms with van der Waals surface area (Å²) in [6, 6.07) is 12.5. The van der Waals surface area contributed by atoms with E-state index in [0.29, 0.717) is 31.7 Å². The van der Waals surface area contributed by atoms with Crippen LogP contribution in [0.4, 0.5) is 5.69 Å². The van der Waals surface area contributed by atoms with Crippen molar-refractivity contribution < 1.29 is 24.2 Å². The molecule has 1 unspecified atom stereocenters. The third-order valence-corrected chi connectivity index (χ3v) is 6.19. The summed E-state index contributed by atoms with van der Waals surface area (Å²) in [6.45, 7) is 1.50. The highest BCUT2D eigenvalue weighted by Crippen LogP contribution is 2.40. The number of carbonyl (C=O) groups excluding carboxylic acids is 2. The van der Waals surface area contributed by atoms with Gasteiger partial charge in [0.15, 0.2) is 0 Å². The topological polar surface area (TPSA) is 79.3 Å². The van der Waals surface area contributed by atoms with E-state index in [0.717, 1.165) is 35.4 Å². The minimum absolute atomic E-state index is 0.117. The lowest BCUT2D eigenvalue weighted by Gasteiger charge is -2.26. The van der Waals surface area contributed by atoms with Crippen LogP contribution in [0.2, 0.25) is 0 Å². The number of benzene rings is 2. The van der Waals surface area contributed by atoms with Crippen LogP contribution in [0.25, 0.3) is 5.76 Å². The Hall–Kier alpha value is -3.32. The number of amides is 1. The van der Waals surface area contributed by atoms with Gasteiger partial charge in [0.25, 0.3) is 11.7 Å². The van der Waals surface area contributed by atoms with Gasteiger partial charge in [-0.25, -0.2) is 0 Å². The van der Waals surface area contributed by atoms with Crippen molar-refractivity contribution in [2.75, 3.05) is 45.9 Å². The van der Waals surface area contributed by atoms with Gasteiger partial charge in [-0.2, -0.15) is 0 Å². The van der Waals surface area contributed by atoms with Gasteiger partial charge >= 0.3 is 0 Å². The van der Waals surface area contributed by atoms with Crippen molar-refractivity contribution in [1.82, 2.24) is 4.90 Å². The lowest BCUT2D eigenvalue weighted by atomic mass is 9.93. The van der Waals surface area contributed by atoms with Gasteiger partial charge in [0.1, 0.15) is 11.5 Å². The molecular weight excluding hydrogens is 420 g/mol. The Bertz CT molecular complexity index is 1070. The third kappa shape index (κ3) is 4.46. The molecule has 7 heteroatoms. The van der Waals surface area contributed by atoms with Crippen LogP contribution in [-0.4, -0.2) is 62.7 Å². The number of hydrogen-bond donors (Lipinski definition) is 1. The predicted octanol–water partition coefficient (Wildman–Crippen LogP) is 3.54. The molecule has 33 heavy (non-hydrogen) atoms. The molecule has 7 nitrogen and oxygen atoms in total. The molecule has 2 aliphatic heterocycles. The van der Waals surface area contributed by atoms with Crippen LogP contribution in [0, 0.1) is 0 Å². The molecule has 0 radical (unpaired) electrons. The molecule has 0 saturated carbocycles. The first kappa shape index (κ1) is 22.9. The van der Waals surface area contributed by atoms with E-state index in [1.54, 1.807) is 18.1 Å². The summed E-state index contributed by atoms with van der Waals surface area (Å²) in [6.07, 6.45) is 2.34. The summed E-state index contributed by atoms with van der Waals surface area (Å²) in [4.78, 5) is 29.7. The number of rotatable bonds is 7. The highest BCUT2D eigenvalue weighted by molar-refractivity contribution is 6.46. The van der Waals surface area contributed by atoms with Gasteiger partial charge in [-0.1, -0.05) is 12.1 Å². The first-order valence-corrected chi connectivity index (χ1v) is 11.2. The zero-order valence-corrected chi connectivity index (χ0v) is 19.3. The fourth-order valence-corrected chi connectivity index (χ4v) is 4.45. The average Bonchev–Trinajstić information content (AvgIpc) is 3.08. The molecule has 1 N–H and O–H groups in total. The van der Waals surface area contributed by atoms with E-state index in [4.69, 9.17) is 9.47 Å². The second kappa shape index (κ2) is 9.67. The maximum atomic E-state index is 13.1. The summed E-state index contributed by atoms with van der Waals surface area (Å²) < 4.78 is 10.8. The summed E-state index contributed by atoms with van der Waals surface area (Å²) in [5, 5.41) is 11.3. The van der Waals surface area contributed by atoms with Crippen molar-refractivity contribution >= 4 is 23.1 Å². The van der Waals surface area contributed by atoms with E-state index in [1.165, 1.54) is 0 Å². The number of ketones is 1. The molecule has 1 saturated heterocycles. The molecule has 0 bridgehead atoms. The van der Waals surface area contributed by atoms with E-state index in [1.807, 2.05) is 55.4 Å². The van der Waals surface area contributed by atoms with Crippen LogP contribution in [-0.2, 0) is 20.7 Å². The number of aliphatic hydroxyl groups is 1. The summed E-state index contributed by atoms with van der Waals surface area (Å²) >= 11 is 0. The smallest absolute Gasteiger partial charge is 0.295 e. The van der Waals surface area contributed by atoms with Gasteiger partial charge in [0.2, 0.25) is 0 Å². The SMILES string of the molecule is COCCCN1C(=O)C(=O)/C(=C(\O)c2ccc3c(c2)CCCO3)C1c1ccc(N(C)C)cc1. The number of carbonyl (C=O) groups is 2. The van der Waals surface area contributed by atoms with Crippen molar-refractivity contribution in [2.45, 2.75) is 25.3 Å². The Morgan fingerprint density at radius 3 is 2.64 bits per heavy atom. The maximum absolute atomic E-state index is 13.1.